The number of hydrogen-bond acceptors (Lipinski definition) is 4. The minimum Gasteiger partial charge on any atom is -0.490 e. The highest BCUT2D eigenvalue weighted by Gasteiger charge is 2.26. The predicted octanol–water partition coefficient (Wildman–Crippen LogP) is 2.97. The summed E-state index contributed by atoms with van der Waals surface area (Å²) in [7, 11) is 0. The van der Waals surface area contributed by atoms with E-state index < -0.39 is 0 Å². The first-order valence-corrected chi connectivity index (χ1v) is 10.5. The first-order chi connectivity index (χ1) is 14.7. The van der Waals surface area contributed by atoms with Crippen LogP contribution in [0.2, 0.25) is 0 Å². The molecule has 1 unspecified atom stereocenters. The topological polar surface area (TPSA) is 76.6 Å². The largest absolute Gasteiger partial charge is 0.490 e. The lowest BCUT2D eigenvalue weighted by Crippen LogP contribution is -2.42. The molecule has 5 rings (SSSR count). The summed E-state index contributed by atoms with van der Waals surface area (Å²) >= 11 is 0. The van der Waals surface area contributed by atoms with Gasteiger partial charge < -0.3 is 23.9 Å². The van der Waals surface area contributed by atoms with Gasteiger partial charge >= 0.3 is 0 Å². The zero-order valence-electron chi connectivity index (χ0n) is 16.8. The Morgan fingerprint density at radius 3 is 2.77 bits per heavy atom. The Morgan fingerprint density at radius 1 is 1.13 bits per heavy atom. The van der Waals surface area contributed by atoms with Crippen LogP contribution in [-0.4, -0.2) is 52.8 Å². The number of amides is 1. The molecule has 1 N–H and O–H groups in total. The number of carbonyl (C=O) groups excluding carboxylic acids is 1. The fraction of sp³-hybridized carbons (Fsp3) is 0.391. The zero-order chi connectivity index (χ0) is 20.5. The van der Waals surface area contributed by atoms with Crippen LogP contribution in [0.4, 0.5) is 0 Å². The quantitative estimate of drug-likeness (QED) is 0.721. The summed E-state index contributed by atoms with van der Waals surface area (Å²) in [6, 6.07) is 11.7. The van der Waals surface area contributed by atoms with Crippen LogP contribution in [0.1, 0.15) is 35.7 Å². The van der Waals surface area contributed by atoms with Crippen molar-refractivity contribution in [2.24, 2.45) is 0 Å². The molecule has 0 spiro atoms. The van der Waals surface area contributed by atoms with E-state index in [1.54, 1.807) is 11.0 Å². The number of aromatic nitrogens is 2. The van der Waals surface area contributed by atoms with E-state index >= 15 is 0 Å². The molecule has 7 nitrogen and oxygen atoms in total. The number of fused-ring (bicyclic) bond motifs is 1. The first kappa shape index (κ1) is 18.9. The van der Waals surface area contributed by atoms with Gasteiger partial charge in [0.2, 0.25) is 5.56 Å². The second-order valence-electron chi connectivity index (χ2n) is 7.98. The van der Waals surface area contributed by atoms with Crippen molar-refractivity contribution >= 4 is 16.8 Å². The Bertz CT molecular complexity index is 1100. The summed E-state index contributed by atoms with van der Waals surface area (Å²) in [4.78, 5) is 28.5. The minimum atomic E-state index is -0.261. The van der Waals surface area contributed by atoms with Gasteiger partial charge in [0, 0.05) is 61.9 Å². The van der Waals surface area contributed by atoms with Gasteiger partial charge in [-0.05, 0) is 30.7 Å². The summed E-state index contributed by atoms with van der Waals surface area (Å²) in [5.41, 5.74) is 1.34. The monoisotopic (exact) mass is 407 g/mol. The van der Waals surface area contributed by atoms with E-state index in [1.807, 2.05) is 12.1 Å². The molecule has 2 aliphatic heterocycles. The number of likely N-dealkylation sites (tertiary alicyclic amines) is 1. The van der Waals surface area contributed by atoms with E-state index in [9.17, 15) is 9.59 Å². The van der Waals surface area contributed by atoms with Crippen molar-refractivity contribution in [2.45, 2.75) is 31.4 Å². The molecule has 2 fully saturated rings. The molecular weight excluding hydrogens is 382 g/mol. The lowest BCUT2D eigenvalue weighted by molar-refractivity contribution is 0.0597. The molecule has 1 amide bonds. The lowest BCUT2D eigenvalue weighted by Gasteiger charge is -2.32. The highest BCUT2D eigenvalue weighted by Crippen LogP contribution is 2.32. The normalized spacial score (nSPS) is 20.0. The Kier molecular flexibility index (Phi) is 5.04. The van der Waals surface area contributed by atoms with Crippen molar-refractivity contribution in [1.29, 1.82) is 0 Å². The third kappa shape index (κ3) is 3.61. The SMILES string of the molecule is O=C(c1cc[nH]c(=O)c1)N1CCC(Oc2cccc3c2ccn3C2CCOC2)CC1. The number of rotatable bonds is 4. The Hall–Kier alpha value is -3.06. The van der Waals surface area contributed by atoms with Crippen LogP contribution in [0.5, 0.6) is 5.75 Å². The maximum Gasteiger partial charge on any atom is 0.254 e. The van der Waals surface area contributed by atoms with Crippen LogP contribution in [-0.2, 0) is 4.74 Å². The minimum absolute atomic E-state index is 0.0667. The van der Waals surface area contributed by atoms with Crippen molar-refractivity contribution < 1.29 is 14.3 Å². The van der Waals surface area contributed by atoms with Gasteiger partial charge in [-0.2, -0.15) is 0 Å². The molecule has 3 aromatic rings. The van der Waals surface area contributed by atoms with Crippen molar-refractivity contribution in [3.05, 3.63) is 64.7 Å². The molecule has 2 saturated heterocycles. The van der Waals surface area contributed by atoms with E-state index in [-0.39, 0.29) is 17.6 Å². The van der Waals surface area contributed by atoms with E-state index in [1.165, 1.54) is 17.8 Å². The van der Waals surface area contributed by atoms with Gasteiger partial charge in [-0.1, -0.05) is 6.07 Å². The zero-order valence-corrected chi connectivity index (χ0v) is 16.8. The van der Waals surface area contributed by atoms with E-state index in [0.29, 0.717) is 24.7 Å². The first-order valence-electron chi connectivity index (χ1n) is 10.5. The number of carbonyl (C=O) groups is 1. The number of benzene rings is 1. The van der Waals surface area contributed by atoms with Crippen molar-refractivity contribution in [1.82, 2.24) is 14.5 Å². The molecule has 4 heterocycles. The second kappa shape index (κ2) is 7.99. The average molecular weight is 407 g/mol. The average Bonchev–Trinajstić information content (AvgIpc) is 3.44. The van der Waals surface area contributed by atoms with Gasteiger partial charge in [-0.3, -0.25) is 9.59 Å². The highest BCUT2D eigenvalue weighted by molar-refractivity contribution is 5.94. The van der Waals surface area contributed by atoms with E-state index in [0.717, 1.165) is 43.6 Å². The van der Waals surface area contributed by atoms with Crippen molar-refractivity contribution in [3.63, 3.8) is 0 Å². The second-order valence-corrected chi connectivity index (χ2v) is 7.98. The predicted molar refractivity (Wildman–Crippen MR) is 113 cm³/mol. The molecule has 0 aliphatic carbocycles. The number of H-pyrrole nitrogens is 1. The van der Waals surface area contributed by atoms with Gasteiger partial charge in [0.15, 0.2) is 0 Å². The highest BCUT2D eigenvalue weighted by atomic mass is 16.5. The molecule has 7 heteroatoms. The molecule has 156 valence electrons. The molecule has 0 saturated carbocycles. The van der Waals surface area contributed by atoms with Gasteiger partial charge in [-0.25, -0.2) is 0 Å². The van der Waals surface area contributed by atoms with Gasteiger partial charge in [0.25, 0.3) is 5.91 Å². The third-order valence-corrected chi connectivity index (χ3v) is 6.07. The number of pyridine rings is 1. The molecular formula is C23H25N3O4. The molecule has 1 atom stereocenters. The van der Waals surface area contributed by atoms with Crippen molar-refractivity contribution in [3.8, 4) is 5.75 Å². The van der Waals surface area contributed by atoms with Crippen LogP contribution in [0.15, 0.2) is 53.6 Å². The van der Waals surface area contributed by atoms with Crippen LogP contribution in [0, 0.1) is 0 Å². The third-order valence-electron chi connectivity index (χ3n) is 6.07. The van der Waals surface area contributed by atoms with Crippen molar-refractivity contribution in [2.75, 3.05) is 26.3 Å². The van der Waals surface area contributed by atoms with Crippen LogP contribution in [0.25, 0.3) is 10.9 Å². The Morgan fingerprint density at radius 2 is 2.00 bits per heavy atom. The fourth-order valence-electron chi connectivity index (χ4n) is 4.44. The fourth-order valence-corrected chi connectivity index (χ4v) is 4.44. The number of hydrogen-bond donors (Lipinski definition) is 1. The molecule has 2 aromatic heterocycles. The number of ether oxygens (including phenoxy) is 2. The molecule has 2 aliphatic rings. The molecule has 0 radical (unpaired) electrons. The molecule has 30 heavy (non-hydrogen) atoms. The number of nitrogens with one attached hydrogen (secondary N) is 1. The summed E-state index contributed by atoms with van der Waals surface area (Å²) in [5, 5.41) is 1.12. The van der Waals surface area contributed by atoms with Gasteiger partial charge in [0.1, 0.15) is 11.9 Å². The number of nitrogens with zero attached hydrogens (tertiary/aromatic N) is 2. The maximum absolute atomic E-state index is 12.6. The van der Waals surface area contributed by atoms with E-state index in [2.05, 4.69) is 27.9 Å². The maximum atomic E-state index is 12.6. The van der Waals surface area contributed by atoms with Crippen LogP contribution in [0.3, 0.4) is 0 Å². The van der Waals surface area contributed by atoms with Gasteiger partial charge in [-0.15, -0.1) is 0 Å². The summed E-state index contributed by atoms with van der Waals surface area (Å²) in [6.07, 6.45) is 6.27. The number of piperidine rings is 1. The van der Waals surface area contributed by atoms with Crippen LogP contribution >= 0.6 is 0 Å². The smallest absolute Gasteiger partial charge is 0.254 e. The standard InChI is InChI=1S/C23H25N3O4/c27-22-14-16(4-9-24-22)23(28)25-10-5-18(6-11-25)30-21-3-1-2-20-19(21)7-12-26(20)17-8-13-29-15-17/h1-4,7,9,12,14,17-18H,5-6,8,10-11,13,15H2,(H,24,27). The summed E-state index contributed by atoms with van der Waals surface area (Å²) in [6.45, 7) is 2.81. The summed E-state index contributed by atoms with van der Waals surface area (Å²) in [5.74, 6) is 0.794. The Labute approximate surface area is 174 Å². The van der Waals surface area contributed by atoms with E-state index in [4.69, 9.17) is 9.47 Å². The molecule has 1 aromatic carbocycles. The van der Waals surface area contributed by atoms with Crippen LogP contribution < -0.4 is 10.3 Å². The summed E-state index contributed by atoms with van der Waals surface area (Å²) < 4.78 is 14.2. The number of aromatic amines is 1. The lowest BCUT2D eigenvalue weighted by atomic mass is 10.1. The van der Waals surface area contributed by atoms with Gasteiger partial charge in [0.05, 0.1) is 18.2 Å². The molecule has 0 bridgehead atoms. The Balaban J connectivity index is 1.26.